The summed E-state index contributed by atoms with van der Waals surface area (Å²) in [5.74, 6) is 0. The van der Waals surface area contributed by atoms with Gasteiger partial charge in [0.1, 0.15) is 0 Å². The van der Waals surface area contributed by atoms with Crippen molar-refractivity contribution in [2.45, 2.75) is 0 Å². The summed E-state index contributed by atoms with van der Waals surface area (Å²) in [6.07, 6.45) is 0. The number of para-hydroxylation sites is 2. The van der Waals surface area contributed by atoms with Crippen LogP contribution in [0.15, 0.2) is 218 Å². The Morgan fingerprint density at radius 2 is 0.893 bits per heavy atom. The number of aromatic nitrogens is 1. The molecule has 0 unspecified atom stereocenters. The van der Waals surface area contributed by atoms with Gasteiger partial charge in [-0.15, -0.1) is 0 Å². The highest BCUT2D eigenvalue weighted by molar-refractivity contribution is 6.15. The lowest BCUT2D eigenvalue weighted by Gasteiger charge is -2.26. The molecule has 0 aliphatic heterocycles. The van der Waals surface area contributed by atoms with Gasteiger partial charge >= 0.3 is 0 Å². The Labute approximate surface area is 326 Å². The summed E-state index contributed by atoms with van der Waals surface area (Å²) in [5.41, 5.74) is 16.8. The van der Waals surface area contributed by atoms with Gasteiger partial charge in [0.05, 0.1) is 16.7 Å². The second-order valence-corrected chi connectivity index (χ2v) is 14.5. The monoisotopic (exact) mass is 712 g/mol. The number of fused-ring (bicyclic) bond motifs is 7. The van der Waals surface area contributed by atoms with E-state index in [1.165, 1.54) is 82.8 Å². The van der Waals surface area contributed by atoms with Crippen molar-refractivity contribution >= 4 is 60.8 Å². The minimum atomic E-state index is 1.11. The van der Waals surface area contributed by atoms with Crippen molar-refractivity contribution in [1.82, 2.24) is 4.57 Å². The van der Waals surface area contributed by atoms with E-state index in [9.17, 15) is 0 Å². The molecule has 0 amide bonds. The average Bonchev–Trinajstić information content (AvgIpc) is 3.77. The SMILES string of the molecule is c1ccc(C(=C2c3ccccc3-c3ccc(N(c4ccccc4)c4ccc5c(c4)c4ccccc4n5-c4cccc5ccccc45)cc32)c2ccccc2)cc1. The summed E-state index contributed by atoms with van der Waals surface area (Å²) >= 11 is 0. The van der Waals surface area contributed by atoms with Crippen LogP contribution in [0.5, 0.6) is 0 Å². The third-order valence-corrected chi connectivity index (χ3v) is 11.3. The van der Waals surface area contributed by atoms with Crippen LogP contribution in [0.3, 0.4) is 0 Å². The lowest BCUT2D eigenvalue weighted by Crippen LogP contribution is -2.10. The fraction of sp³-hybridized carbons (Fsp3) is 0. The van der Waals surface area contributed by atoms with Gasteiger partial charge in [-0.2, -0.15) is 0 Å². The van der Waals surface area contributed by atoms with Gasteiger partial charge in [0.15, 0.2) is 0 Å². The molecule has 2 heteroatoms. The van der Waals surface area contributed by atoms with Crippen molar-refractivity contribution in [2.24, 2.45) is 0 Å². The van der Waals surface area contributed by atoms with E-state index in [0.29, 0.717) is 0 Å². The summed E-state index contributed by atoms with van der Waals surface area (Å²) in [7, 11) is 0. The van der Waals surface area contributed by atoms with Crippen molar-refractivity contribution in [3.8, 4) is 16.8 Å². The van der Waals surface area contributed by atoms with Gasteiger partial charge in [0.2, 0.25) is 0 Å². The second kappa shape index (κ2) is 13.2. The molecule has 11 rings (SSSR count). The molecule has 0 saturated carbocycles. The lowest BCUT2D eigenvalue weighted by molar-refractivity contribution is 1.20. The predicted molar refractivity (Wildman–Crippen MR) is 236 cm³/mol. The molecule has 2 nitrogen and oxygen atoms in total. The molecule has 0 spiro atoms. The third-order valence-electron chi connectivity index (χ3n) is 11.3. The molecule has 0 fully saturated rings. The van der Waals surface area contributed by atoms with Crippen LogP contribution < -0.4 is 4.90 Å². The lowest BCUT2D eigenvalue weighted by atomic mass is 9.88. The molecule has 1 heterocycles. The Balaban J connectivity index is 1.15. The normalized spacial score (nSPS) is 11.9. The fourth-order valence-corrected chi connectivity index (χ4v) is 8.92. The average molecular weight is 713 g/mol. The van der Waals surface area contributed by atoms with Gasteiger partial charge < -0.3 is 9.47 Å². The summed E-state index contributed by atoms with van der Waals surface area (Å²) in [6.45, 7) is 0. The minimum absolute atomic E-state index is 1.11. The molecule has 0 atom stereocenters. The first kappa shape index (κ1) is 32.0. The maximum absolute atomic E-state index is 2.43. The van der Waals surface area contributed by atoms with Crippen LogP contribution >= 0.6 is 0 Å². The van der Waals surface area contributed by atoms with E-state index in [2.05, 4.69) is 228 Å². The molecule has 56 heavy (non-hydrogen) atoms. The molecule has 1 aliphatic carbocycles. The topological polar surface area (TPSA) is 8.17 Å². The Kier molecular flexibility index (Phi) is 7.53. The number of rotatable bonds is 6. The van der Waals surface area contributed by atoms with Crippen molar-refractivity contribution in [2.75, 3.05) is 4.90 Å². The number of hydrogen-bond acceptors (Lipinski definition) is 1. The Hall–Kier alpha value is -7.42. The Morgan fingerprint density at radius 1 is 0.339 bits per heavy atom. The summed E-state index contributed by atoms with van der Waals surface area (Å²) in [4.78, 5) is 2.41. The largest absolute Gasteiger partial charge is 0.310 e. The Morgan fingerprint density at radius 3 is 1.66 bits per heavy atom. The highest BCUT2D eigenvalue weighted by Crippen LogP contribution is 2.51. The van der Waals surface area contributed by atoms with Crippen molar-refractivity contribution in [3.63, 3.8) is 0 Å². The summed E-state index contributed by atoms with van der Waals surface area (Å²) in [6, 6.07) is 79.4. The van der Waals surface area contributed by atoms with Crippen LogP contribution in [0.1, 0.15) is 22.3 Å². The van der Waals surface area contributed by atoms with Crippen molar-refractivity contribution < 1.29 is 0 Å². The van der Waals surface area contributed by atoms with Gasteiger partial charge in [-0.1, -0.05) is 164 Å². The number of anilines is 3. The van der Waals surface area contributed by atoms with E-state index in [1.807, 2.05) is 0 Å². The summed E-state index contributed by atoms with van der Waals surface area (Å²) in [5, 5.41) is 4.92. The molecular weight excluding hydrogens is 677 g/mol. The Bertz CT molecular complexity index is 3070. The smallest absolute Gasteiger partial charge is 0.0542 e. The number of hydrogen-bond donors (Lipinski definition) is 0. The van der Waals surface area contributed by atoms with Gasteiger partial charge in [0.25, 0.3) is 0 Å². The molecule has 9 aromatic carbocycles. The van der Waals surface area contributed by atoms with Crippen LogP contribution in [-0.4, -0.2) is 4.57 Å². The molecule has 0 radical (unpaired) electrons. The van der Waals surface area contributed by atoms with E-state index in [-0.39, 0.29) is 0 Å². The van der Waals surface area contributed by atoms with Gasteiger partial charge in [-0.3, -0.25) is 0 Å². The van der Waals surface area contributed by atoms with E-state index >= 15 is 0 Å². The van der Waals surface area contributed by atoms with Crippen LogP contribution in [0, 0.1) is 0 Å². The van der Waals surface area contributed by atoms with Crippen LogP contribution in [0.25, 0.3) is 60.5 Å². The second-order valence-electron chi connectivity index (χ2n) is 14.5. The molecule has 1 aliphatic rings. The van der Waals surface area contributed by atoms with Crippen LogP contribution in [-0.2, 0) is 0 Å². The first-order valence-electron chi connectivity index (χ1n) is 19.3. The van der Waals surface area contributed by atoms with Crippen LogP contribution in [0.2, 0.25) is 0 Å². The standard InChI is InChI=1S/C54H36N2/c1-4-18-38(19-5-1)53(39-20-6-2-7-21-39)54-47-28-13-12-26-44(47)45-33-31-41(36-49(45)54)55(40-23-8-3-9-24-40)42-32-34-52-48(35-42)46-27-14-15-29-51(46)56(52)50-30-16-22-37-17-10-11-25-43(37)50/h1-36H. The maximum Gasteiger partial charge on any atom is 0.0542 e. The molecule has 0 bridgehead atoms. The van der Waals surface area contributed by atoms with Crippen molar-refractivity contribution in [1.29, 1.82) is 0 Å². The van der Waals surface area contributed by atoms with Gasteiger partial charge in [0, 0.05) is 33.2 Å². The van der Waals surface area contributed by atoms with Gasteiger partial charge in [-0.25, -0.2) is 0 Å². The molecule has 262 valence electrons. The van der Waals surface area contributed by atoms with E-state index in [4.69, 9.17) is 0 Å². The number of benzene rings is 9. The fourth-order valence-electron chi connectivity index (χ4n) is 8.92. The van der Waals surface area contributed by atoms with E-state index in [0.717, 1.165) is 17.1 Å². The highest BCUT2D eigenvalue weighted by Gasteiger charge is 2.29. The molecule has 10 aromatic rings. The van der Waals surface area contributed by atoms with Crippen LogP contribution in [0.4, 0.5) is 17.1 Å². The molecule has 1 aromatic heterocycles. The zero-order chi connectivity index (χ0) is 37.0. The minimum Gasteiger partial charge on any atom is -0.310 e. The van der Waals surface area contributed by atoms with Gasteiger partial charge in [-0.05, 0) is 105 Å². The number of nitrogens with zero attached hydrogens (tertiary/aromatic N) is 2. The summed E-state index contributed by atoms with van der Waals surface area (Å²) < 4.78 is 2.43. The first-order valence-corrected chi connectivity index (χ1v) is 19.3. The van der Waals surface area contributed by atoms with E-state index in [1.54, 1.807) is 0 Å². The predicted octanol–water partition coefficient (Wildman–Crippen LogP) is 14.4. The van der Waals surface area contributed by atoms with Crippen molar-refractivity contribution in [3.05, 3.63) is 241 Å². The molecule has 0 N–H and O–H groups in total. The molecule has 0 saturated heterocycles. The molecular formula is C54H36N2. The zero-order valence-electron chi connectivity index (χ0n) is 30.7. The first-order chi connectivity index (χ1) is 27.8. The highest BCUT2D eigenvalue weighted by atomic mass is 15.1. The van der Waals surface area contributed by atoms with E-state index < -0.39 is 0 Å². The zero-order valence-corrected chi connectivity index (χ0v) is 30.7. The quantitative estimate of drug-likeness (QED) is 0.167. The third kappa shape index (κ3) is 5.11. The maximum atomic E-state index is 2.43.